The highest BCUT2D eigenvalue weighted by atomic mass is 32.1. The molecule has 16 heavy (non-hydrogen) atoms. The number of halogens is 1. The summed E-state index contributed by atoms with van der Waals surface area (Å²) in [5.74, 6) is 0.603. The molecule has 3 heteroatoms. The van der Waals surface area contributed by atoms with Crippen molar-refractivity contribution in [3.05, 3.63) is 29.6 Å². The smallest absolute Gasteiger partial charge is 0.128 e. The van der Waals surface area contributed by atoms with Crippen molar-refractivity contribution < 1.29 is 4.39 Å². The summed E-state index contributed by atoms with van der Waals surface area (Å²) in [6, 6.07) is 5.19. The Morgan fingerprint density at radius 2 is 2.31 bits per heavy atom. The van der Waals surface area contributed by atoms with Gasteiger partial charge in [-0.15, -0.1) is 12.6 Å². The summed E-state index contributed by atoms with van der Waals surface area (Å²) in [6.45, 7) is 5.16. The molecule has 0 amide bonds. The summed E-state index contributed by atoms with van der Waals surface area (Å²) < 4.78 is 13.6. The van der Waals surface area contributed by atoms with E-state index in [4.69, 9.17) is 0 Å². The molecule has 88 valence electrons. The van der Waals surface area contributed by atoms with Gasteiger partial charge in [-0.2, -0.15) is 0 Å². The summed E-state index contributed by atoms with van der Waals surface area (Å²) in [5, 5.41) is 0. The fraction of sp³-hybridized carbons (Fsp3) is 0.538. The lowest BCUT2D eigenvalue weighted by Gasteiger charge is -2.30. The molecule has 0 aliphatic carbocycles. The van der Waals surface area contributed by atoms with E-state index in [1.165, 1.54) is 18.9 Å². The van der Waals surface area contributed by atoms with Gasteiger partial charge in [0.1, 0.15) is 5.82 Å². The Kier molecular flexibility index (Phi) is 3.87. The molecule has 0 bridgehead atoms. The highest BCUT2D eigenvalue weighted by molar-refractivity contribution is 7.80. The van der Waals surface area contributed by atoms with Crippen LogP contribution in [0.1, 0.15) is 25.3 Å². The average molecular weight is 239 g/mol. The lowest BCUT2D eigenvalue weighted by Crippen LogP contribution is -2.33. The molecule has 0 aromatic heterocycles. The molecule has 0 unspecified atom stereocenters. The molecule has 1 aromatic carbocycles. The normalized spacial score (nSPS) is 22.3. The van der Waals surface area contributed by atoms with Gasteiger partial charge in [-0.3, -0.25) is 4.90 Å². The highest BCUT2D eigenvalue weighted by Gasteiger charge is 2.17. The third-order valence-electron chi connectivity index (χ3n) is 3.17. The van der Waals surface area contributed by atoms with E-state index in [1.807, 2.05) is 12.1 Å². The van der Waals surface area contributed by atoms with Crippen molar-refractivity contribution in [2.24, 2.45) is 5.92 Å². The lowest BCUT2D eigenvalue weighted by atomic mass is 10.00. The minimum atomic E-state index is -0.134. The highest BCUT2D eigenvalue weighted by Crippen LogP contribution is 2.20. The molecule has 2 rings (SSSR count). The topological polar surface area (TPSA) is 3.24 Å². The maximum Gasteiger partial charge on any atom is 0.128 e. The zero-order valence-electron chi connectivity index (χ0n) is 9.62. The third-order valence-corrected chi connectivity index (χ3v) is 3.45. The summed E-state index contributed by atoms with van der Waals surface area (Å²) in [4.78, 5) is 3.03. The number of hydrogen-bond donors (Lipinski definition) is 1. The Morgan fingerprint density at radius 3 is 3.00 bits per heavy atom. The number of hydrogen-bond acceptors (Lipinski definition) is 2. The molecule has 1 aliphatic rings. The fourth-order valence-electron chi connectivity index (χ4n) is 2.34. The van der Waals surface area contributed by atoms with E-state index in [0.29, 0.717) is 4.90 Å². The van der Waals surface area contributed by atoms with Crippen LogP contribution in [-0.4, -0.2) is 18.0 Å². The molecule has 1 nitrogen and oxygen atoms in total. The van der Waals surface area contributed by atoms with Gasteiger partial charge < -0.3 is 0 Å². The van der Waals surface area contributed by atoms with Gasteiger partial charge in [0, 0.05) is 23.5 Å². The average Bonchev–Trinajstić information content (AvgIpc) is 2.22. The summed E-state index contributed by atoms with van der Waals surface area (Å²) >= 11 is 4.13. The van der Waals surface area contributed by atoms with Crippen molar-refractivity contribution in [3.63, 3.8) is 0 Å². The summed E-state index contributed by atoms with van der Waals surface area (Å²) in [5.41, 5.74) is 0.784. The predicted octanol–water partition coefficient (Wildman–Crippen LogP) is 3.35. The number of thiol groups is 1. The van der Waals surface area contributed by atoms with Crippen LogP contribution in [0.2, 0.25) is 0 Å². The van der Waals surface area contributed by atoms with Crippen molar-refractivity contribution in [1.29, 1.82) is 0 Å². The molecule has 0 N–H and O–H groups in total. The minimum absolute atomic E-state index is 0.134. The van der Waals surface area contributed by atoms with Gasteiger partial charge in [-0.25, -0.2) is 4.39 Å². The zero-order chi connectivity index (χ0) is 11.5. The van der Waals surface area contributed by atoms with Crippen molar-refractivity contribution in [2.45, 2.75) is 31.2 Å². The van der Waals surface area contributed by atoms with Crippen LogP contribution in [0.3, 0.4) is 0 Å². The maximum atomic E-state index is 13.6. The van der Waals surface area contributed by atoms with Crippen LogP contribution in [-0.2, 0) is 6.54 Å². The molecule has 1 fully saturated rings. The van der Waals surface area contributed by atoms with E-state index in [9.17, 15) is 4.39 Å². The van der Waals surface area contributed by atoms with Crippen molar-refractivity contribution >= 4 is 12.6 Å². The van der Waals surface area contributed by atoms with Crippen LogP contribution in [0.25, 0.3) is 0 Å². The van der Waals surface area contributed by atoms with Crippen LogP contribution in [0, 0.1) is 11.7 Å². The van der Waals surface area contributed by atoms with Crippen LogP contribution in [0.5, 0.6) is 0 Å². The molecular formula is C13H18FNS. The number of piperidine rings is 1. The molecule has 0 spiro atoms. The van der Waals surface area contributed by atoms with Gasteiger partial charge in [-0.1, -0.05) is 13.0 Å². The van der Waals surface area contributed by atoms with E-state index in [2.05, 4.69) is 24.5 Å². The molecule has 1 atom stereocenters. The van der Waals surface area contributed by atoms with Crippen molar-refractivity contribution in [1.82, 2.24) is 4.90 Å². The number of nitrogens with zero attached hydrogens (tertiary/aromatic N) is 1. The molecular weight excluding hydrogens is 221 g/mol. The molecule has 0 saturated carbocycles. The van der Waals surface area contributed by atoms with E-state index in [0.717, 1.165) is 31.1 Å². The SMILES string of the molecule is C[C@@H]1CCCN(Cc2ccc(S)cc2F)C1. The Bertz CT molecular complexity index is 367. The van der Waals surface area contributed by atoms with Gasteiger partial charge in [0.25, 0.3) is 0 Å². The van der Waals surface area contributed by atoms with Gasteiger partial charge in [0.15, 0.2) is 0 Å². The molecule has 1 aliphatic heterocycles. The third kappa shape index (κ3) is 2.98. The monoisotopic (exact) mass is 239 g/mol. The standard InChI is InChI=1S/C13H18FNS/c1-10-3-2-6-15(8-10)9-11-4-5-12(16)7-13(11)14/h4-5,7,10,16H,2-3,6,8-9H2,1H3/t10-/m1/s1. The lowest BCUT2D eigenvalue weighted by molar-refractivity contribution is 0.175. The Balaban J connectivity index is 2.02. The first kappa shape index (κ1) is 11.9. The van der Waals surface area contributed by atoms with Gasteiger partial charge in [-0.05, 0) is 37.4 Å². The van der Waals surface area contributed by atoms with Gasteiger partial charge in [0.05, 0.1) is 0 Å². The van der Waals surface area contributed by atoms with Gasteiger partial charge >= 0.3 is 0 Å². The van der Waals surface area contributed by atoms with Crippen LogP contribution in [0.4, 0.5) is 4.39 Å². The summed E-state index contributed by atoms with van der Waals surface area (Å²) in [6.07, 6.45) is 2.53. The van der Waals surface area contributed by atoms with Crippen LogP contribution >= 0.6 is 12.6 Å². The molecule has 0 radical (unpaired) electrons. The summed E-state index contributed by atoms with van der Waals surface area (Å²) in [7, 11) is 0. The van der Waals surface area contributed by atoms with Gasteiger partial charge in [0.2, 0.25) is 0 Å². The minimum Gasteiger partial charge on any atom is -0.299 e. The Morgan fingerprint density at radius 1 is 1.50 bits per heavy atom. The van der Waals surface area contributed by atoms with Crippen molar-refractivity contribution in [2.75, 3.05) is 13.1 Å². The Labute approximate surface area is 102 Å². The molecule has 1 heterocycles. The number of likely N-dealkylation sites (tertiary alicyclic amines) is 1. The predicted molar refractivity (Wildman–Crippen MR) is 67.3 cm³/mol. The van der Waals surface area contributed by atoms with E-state index in [-0.39, 0.29) is 5.82 Å². The van der Waals surface area contributed by atoms with Crippen LogP contribution in [0.15, 0.2) is 23.1 Å². The first-order chi connectivity index (χ1) is 7.65. The zero-order valence-corrected chi connectivity index (χ0v) is 10.5. The largest absolute Gasteiger partial charge is 0.299 e. The second kappa shape index (κ2) is 5.19. The van der Waals surface area contributed by atoms with E-state index >= 15 is 0 Å². The number of rotatable bonds is 2. The first-order valence-electron chi connectivity index (χ1n) is 5.85. The Hall–Kier alpha value is -0.540. The second-order valence-electron chi connectivity index (χ2n) is 4.76. The molecule has 1 aromatic rings. The maximum absolute atomic E-state index is 13.6. The quantitative estimate of drug-likeness (QED) is 0.775. The van der Waals surface area contributed by atoms with E-state index in [1.54, 1.807) is 0 Å². The van der Waals surface area contributed by atoms with E-state index < -0.39 is 0 Å². The second-order valence-corrected chi connectivity index (χ2v) is 5.27. The fourth-order valence-corrected chi connectivity index (χ4v) is 2.52. The van der Waals surface area contributed by atoms with Crippen LogP contribution < -0.4 is 0 Å². The molecule has 1 saturated heterocycles. The van der Waals surface area contributed by atoms with Crippen molar-refractivity contribution in [3.8, 4) is 0 Å². The number of benzene rings is 1. The first-order valence-corrected chi connectivity index (χ1v) is 6.29.